The van der Waals surface area contributed by atoms with Crippen LogP contribution >= 0.6 is 0 Å². The Morgan fingerprint density at radius 2 is 2.00 bits per heavy atom. The van der Waals surface area contributed by atoms with Crippen LogP contribution in [0.5, 0.6) is 0 Å². The molecule has 0 aliphatic rings. The summed E-state index contributed by atoms with van der Waals surface area (Å²) in [5.74, 6) is 0. The molecule has 14 heavy (non-hydrogen) atoms. The van der Waals surface area contributed by atoms with Gasteiger partial charge in [-0.3, -0.25) is 0 Å². The number of hydrogen-bond donors (Lipinski definition) is 2. The predicted molar refractivity (Wildman–Crippen MR) is 57.1 cm³/mol. The molecule has 0 aliphatic carbocycles. The Labute approximate surface area is 85.7 Å². The largest absolute Gasteiger partial charge is 0.390 e. The lowest BCUT2D eigenvalue weighted by atomic mass is 9.86. The van der Waals surface area contributed by atoms with E-state index in [1.165, 1.54) is 7.11 Å². The molecule has 0 saturated carbocycles. The Morgan fingerprint density at radius 3 is 2.21 bits per heavy atom. The first-order chi connectivity index (χ1) is 6.42. The van der Waals surface area contributed by atoms with Gasteiger partial charge >= 0.3 is 0 Å². The summed E-state index contributed by atoms with van der Waals surface area (Å²) in [5.41, 5.74) is -0.536. The molecule has 0 radical (unpaired) electrons. The van der Waals surface area contributed by atoms with E-state index >= 15 is 0 Å². The van der Waals surface area contributed by atoms with Crippen LogP contribution < -0.4 is 0 Å². The molecule has 3 atom stereocenters. The van der Waals surface area contributed by atoms with Gasteiger partial charge in [-0.25, -0.2) is 0 Å². The number of aliphatic hydroxyl groups excluding tert-OH is 2. The topological polar surface area (TPSA) is 49.7 Å². The summed E-state index contributed by atoms with van der Waals surface area (Å²) < 4.78 is 5.22. The monoisotopic (exact) mass is 200 g/mol. The Hall–Kier alpha value is -0.640. The zero-order valence-corrected chi connectivity index (χ0v) is 9.32. The first kappa shape index (κ1) is 13.4. The van der Waals surface area contributed by atoms with E-state index in [0.29, 0.717) is 5.57 Å². The SMILES string of the molecule is C=C(C)C(O)C(/C=C/C)(OC)C(C)O. The second kappa shape index (κ2) is 5.29. The molecule has 3 unspecified atom stereocenters. The molecule has 0 heterocycles. The van der Waals surface area contributed by atoms with Gasteiger partial charge in [-0.2, -0.15) is 0 Å². The van der Waals surface area contributed by atoms with Gasteiger partial charge in [0, 0.05) is 7.11 Å². The molecule has 3 heteroatoms. The van der Waals surface area contributed by atoms with Gasteiger partial charge in [-0.15, -0.1) is 0 Å². The van der Waals surface area contributed by atoms with Crippen LogP contribution in [0.3, 0.4) is 0 Å². The van der Waals surface area contributed by atoms with E-state index in [2.05, 4.69) is 6.58 Å². The van der Waals surface area contributed by atoms with Crippen molar-refractivity contribution in [2.45, 2.75) is 38.6 Å². The second-order valence-corrected chi connectivity index (χ2v) is 3.48. The average Bonchev–Trinajstić information content (AvgIpc) is 2.12. The van der Waals surface area contributed by atoms with Gasteiger partial charge in [0.15, 0.2) is 0 Å². The van der Waals surface area contributed by atoms with Gasteiger partial charge in [0.1, 0.15) is 11.7 Å². The molecule has 0 aromatic heterocycles. The van der Waals surface area contributed by atoms with Crippen LogP contribution in [0.15, 0.2) is 24.3 Å². The number of rotatable bonds is 5. The van der Waals surface area contributed by atoms with Crippen LogP contribution in [0.2, 0.25) is 0 Å². The number of methoxy groups -OCH3 is 1. The molecule has 0 spiro atoms. The molecule has 0 bridgehead atoms. The third-order valence-corrected chi connectivity index (χ3v) is 2.33. The van der Waals surface area contributed by atoms with E-state index in [1.807, 2.05) is 0 Å². The molecule has 0 rings (SSSR count). The summed E-state index contributed by atoms with van der Waals surface area (Å²) in [6, 6.07) is 0. The standard InChI is InChI=1S/C11H20O3/c1-6-7-11(14-5,9(4)12)10(13)8(2)3/h6-7,9-10,12-13H,2H2,1,3-5H3/b7-6+. The van der Waals surface area contributed by atoms with E-state index in [-0.39, 0.29) is 0 Å². The number of hydrogen-bond acceptors (Lipinski definition) is 3. The summed E-state index contributed by atoms with van der Waals surface area (Å²) in [4.78, 5) is 0. The Kier molecular flexibility index (Phi) is 5.05. The fourth-order valence-corrected chi connectivity index (χ4v) is 1.45. The van der Waals surface area contributed by atoms with E-state index in [4.69, 9.17) is 4.74 Å². The predicted octanol–water partition coefficient (Wildman–Crippen LogP) is 1.27. The Bertz CT molecular complexity index is 221. The van der Waals surface area contributed by atoms with Gasteiger partial charge in [0.05, 0.1) is 6.10 Å². The van der Waals surface area contributed by atoms with Gasteiger partial charge < -0.3 is 14.9 Å². The lowest BCUT2D eigenvalue weighted by Gasteiger charge is -2.37. The van der Waals surface area contributed by atoms with Crippen molar-refractivity contribution >= 4 is 0 Å². The third-order valence-electron chi connectivity index (χ3n) is 2.33. The molecule has 0 aliphatic heterocycles. The molecule has 0 aromatic carbocycles. The van der Waals surface area contributed by atoms with E-state index in [1.54, 1.807) is 32.9 Å². The zero-order chi connectivity index (χ0) is 11.4. The fourth-order valence-electron chi connectivity index (χ4n) is 1.45. The van der Waals surface area contributed by atoms with E-state index < -0.39 is 17.8 Å². The maximum atomic E-state index is 9.90. The first-order valence-electron chi connectivity index (χ1n) is 4.63. The summed E-state index contributed by atoms with van der Waals surface area (Å²) in [6.45, 7) is 8.74. The van der Waals surface area contributed by atoms with Crippen molar-refractivity contribution in [1.29, 1.82) is 0 Å². The molecule has 0 saturated heterocycles. The smallest absolute Gasteiger partial charge is 0.141 e. The summed E-state index contributed by atoms with van der Waals surface area (Å²) in [7, 11) is 1.46. The molecular weight excluding hydrogens is 180 g/mol. The summed E-state index contributed by atoms with van der Waals surface area (Å²) >= 11 is 0. The van der Waals surface area contributed by atoms with Crippen LogP contribution in [0.25, 0.3) is 0 Å². The Balaban J connectivity index is 5.12. The van der Waals surface area contributed by atoms with E-state index in [9.17, 15) is 10.2 Å². The average molecular weight is 200 g/mol. The van der Waals surface area contributed by atoms with E-state index in [0.717, 1.165) is 0 Å². The molecule has 0 amide bonds. The van der Waals surface area contributed by atoms with Gasteiger partial charge in [0.2, 0.25) is 0 Å². The maximum Gasteiger partial charge on any atom is 0.141 e. The minimum atomic E-state index is -1.10. The van der Waals surface area contributed by atoms with Crippen molar-refractivity contribution in [3.05, 3.63) is 24.3 Å². The number of aliphatic hydroxyl groups is 2. The molecule has 3 nitrogen and oxygen atoms in total. The Morgan fingerprint density at radius 1 is 1.50 bits per heavy atom. The molecule has 0 aromatic rings. The van der Waals surface area contributed by atoms with Gasteiger partial charge in [-0.05, 0) is 26.3 Å². The fraction of sp³-hybridized carbons (Fsp3) is 0.636. The summed E-state index contributed by atoms with van der Waals surface area (Å²) in [6.07, 6.45) is 1.67. The van der Waals surface area contributed by atoms with Crippen LogP contribution in [-0.2, 0) is 4.74 Å². The van der Waals surface area contributed by atoms with Crippen molar-refractivity contribution in [3.63, 3.8) is 0 Å². The van der Waals surface area contributed by atoms with Crippen molar-refractivity contribution in [1.82, 2.24) is 0 Å². The van der Waals surface area contributed by atoms with Crippen LogP contribution in [0, 0.1) is 0 Å². The molecule has 82 valence electrons. The lowest BCUT2D eigenvalue weighted by Crippen LogP contribution is -2.51. The normalized spacial score (nSPS) is 20.4. The number of ether oxygens (including phenoxy) is 1. The second-order valence-electron chi connectivity index (χ2n) is 3.48. The van der Waals surface area contributed by atoms with Crippen molar-refractivity contribution in [2.75, 3.05) is 7.11 Å². The minimum Gasteiger partial charge on any atom is -0.390 e. The third kappa shape index (κ3) is 2.44. The minimum absolute atomic E-state index is 0.561. The first-order valence-corrected chi connectivity index (χ1v) is 4.63. The maximum absolute atomic E-state index is 9.90. The molecular formula is C11H20O3. The van der Waals surface area contributed by atoms with Crippen LogP contribution in [-0.4, -0.2) is 35.1 Å². The molecule has 2 N–H and O–H groups in total. The quantitative estimate of drug-likeness (QED) is 0.657. The lowest BCUT2D eigenvalue weighted by molar-refractivity contribution is -0.117. The van der Waals surface area contributed by atoms with Crippen LogP contribution in [0.4, 0.5) is 0 Å². The van der Waals surface area contributed by atoms with Crippen LogP contribution in [0.1, 0.15) is 20.8 Å². The highest BCUT2D eigenvalue weighted by molar-refractivity contribution is 5.18. The van der Waals surface area contributed by atoms with Crippen molar-refractivity contribution in [2.24, 2.45) is 0 Å². The highest BCUT2D eigenvalue weighted by Crippen LogP contribution is 2.26. The highest BCUT2D eigenvalue weighted by Gasteiger charge is 2.40. The highest BCUT2D eigenvalue weighted by atomic mass is 16.5. The van der Waals surface area contributed by atoms with Gasteiger partial charge in [0.25, 0.3) is 0 Å². The molecule has 0 fully saturated rings. The summed E-state index contributed by atoms with van der Waals surface area (Å²) in [5, 5.41) is 19.5. The van der Waals surface area contributed by atoms with Crippen molar-refractivity contribution < 1.29 is 14.9 Å². The van der Waals surface area contributed by atoms with Crippen molar-refractivity contribution in [3.8, 4) is 0 Å². The van der Waals surface area contributed by atoms with Gasteiger partial charge in [-0.1, -0.05) is 18.7 Å². The zero-order valence-electron chi connectivity index (χ0n) is 9.32. The number of allylic oxidation sites excluding steroid dienone is 1.